The molecule has 1 aromatic carbocycles. The highest BCUT2D eigenvalue weighted by Crippen LogP contribution is 2.36. The van der Waals surface area contributed by atoms with E-state index in [1.54, 1.807) is 7.11 Å². The van der Waals surface area contributed by atoms with Crippen molar-refractivity contribution in [3.8, 4) is 0 Å². The molecule has 3 rings (SSSR count). The summed E-state index contributed by atoms with van der Waals surface area (Å²) in [7, 11) is 1.76. The Kier molecular flexibility index (Phi) is 5.23. The van der Waals surface area contributed by atoms with E-state index in [9.17, 15) is 4.79 Å². The van der Waals surface area contributed by atoms with E-state index in [2.05, 4.69) is 10.2 Å². The molecule has 2 aliphatic heterocycles. The van der Waals surface area contributed by atoms with Gasteiger partial charge in [0.1, 0.15) is 5.60 Å². The number of benzene rings is 1. The lowest BCUT2D eigenvalue weighted by Crippen LogP contribution is -2.58. The number of amides is 1. The van der Waals surface area contributed by atoms with E-state index in [0.717, 1.165) is 55.8 Å². The number of rotatable bonds is 4. The van der Waals surface area contributed by atoms with Crippen molar-refractivity contribution in [1.29, 1.82) is 0 Å². The first-order chi connectivity index (χ1) is 11.5. The quantitative estimate of drug-likeness (QED) is 0.920. The largest absolute Gasteiger partial charge is 0.378 e. The summed E-state index contributed by atoms with van der Waals surface area (Å²) in [4.78, 5) is 14.7. The minimum absolute atomic E-state index is 0.0383. The molecule has 0 aliphatic carbocycles. The Morgan fingerprint density at radius 2 is 2.17 bits per heavy atom. The molecule has 1 amide bonds. The van der Waals surface area contributed by atoms with Crippen molar-refractivity contribution in [2.45, 2.75) is 44.8 Å². The van der Waals surface area contributed by atoms with Crippen LogP contribution >= 0.6 is 0 Å². The van der Waals surface area contributed by atoms with Gasteiger partial charge in [0.25, 0.3) is 0 Å². The predicted octanol–water partition coefficient (Wildman–Crippen LogP) is 2.51. The predicted molar refractivity (Wildman–Crippen MR) is 94.3 cm³/mol. The number of methoxy groups -OCH3 is 1. The number of likely N-dealkylation sites (tertiary alicyclic amines) is 1. The summed E-state index contributed by atoms with van der Waals surface area (Å²) in [5.74, 6) is 0.0383. The van der Waals surface area contributed by atoms with Gasteiger partial charge in [-0.05, 0) is 44.2 Å². The first-order valence-corrected chi connectivity index (χ1v) is 8.79. The second-order valence-corrected chi connectivity index (χ2v) is 7.06. The van der Waals surface area contributed by atoms with Gasteiger partial charge in [-0.25, -0.2) is 0 Å². The monoisotopic (exact) mass is 332 g/mol. The number of piperidine rings is 1. The molecule has 0 aromatic heterocycles. The Bertz CT molecular complexity index is 576. The molecular formula is C19H28N2O3. The third kappa shape index (κ3) is 3.48. The normalized spacial score (nSPS) is 27.5. The highest BCUT2D eigenvalue weighted by molar-refractivity contribution is 5.93. The van der Waals surface area contributed by atoms with Crippen LogP contribution in [0.25, 0.3) is 0 Å². The maximum atomic E-state index is 12.5. The second-order valence-electron chi connectivity index (χ2n) is 7.06. The molecule has 132 valence electrons. The van der Waals surface area contributed by atoms with Crippen LogP contribution in [0.1, 0.15) is 30.4 Å². The van der Waals surface area contributed by atoms with Crippen molar-refractivity contribution in [2.24, 2.45) is 0 Å². The van der Waals surface area contributed by atoms with Gasteiger partial charge in [-0.3, -0.25) is 9.69 Å². The summed E-state index contributed by atoms with van der Waals surface area (Å²) >= 11 is 0. The van der Waals surface area contributed by atoms with Gasteiger partial charge in [-0.15, -0.1) is 0 Å². The number of para-hydroxylation sites is 1. The number of hydrogen-bond acceptors (Lipinski definition) is 4. The lowest BCUT2D eigenvalue weighted by molar-refractivity contribution is -0.146. The van der Waals surface area contributed by atoms with Crippen LogP contribution in [0.2, 0.25) is 0 Å². The van der Waals surface area contributed by atoms with E-state index in [0.29, 0.717) is 6.54 Å². The fourth-order valence-corrected chi connectivity index (χ4v) is 4.08. The molecule has 1 spiro atoms. The smallest absolute Gasteiger partial charge is 0.238 e. The summed E-state index contributed by atoms with van der Waals surface area (Å²) in [6, 6.07) is 6.05. The maximum Gasteiger partial charge on any atom is 0.238 e. The van der Waals surface area contributed by atoms with Crippen molar-refractivity contribution in [3.05, 3.63) is 29.3 Å². The van der Waals surface area contributed by atoms with Gasteiger partial charge in [0.15, 0.2) is 0 Å². The highest BCUT2D eigenvalue weighted by Gasteiger charge is 2.47. The van der Waals surface area contributed by atoms with Gasteiger partial charge in [-0.2, -0.15) is 0 Å². The SMILES string of the molecule is COC1CCN(CC(=O)Nc2c(C)cccc2C)CC12CCCO2. The summed E-state index contributed by atoms with van der Waals surface area (Å²) in [6.07, 6.45) is 3.13. The van der Waals surface area contributed by atoms with Crippen LogP contribution < -0.4 is 5.32 Å². The summed E-state index contributed by atoms with van der Waals surface area (Å²) in [5.41, 5.74) is 2.89. The Balaban J connectivity index is 1.63. The Labute approximate surface area is 144 Å². The highest BCUT2D eigenvalue weighted by atomic mass is 16.5. The Hall–Kier alpha value is -1.43. The summed E-state index contributed by atoms with van der Waals surface area (Å²) in [5, 5.41) is 3.08. The van der Waals surface area contributed by atoms with Crippen LogP contribution in [0, 0.1) is 13.8 Å². The molecule has 1 aromatic rings. The van der Waals surface area contributed by atoms with Gasteiger partial charge in [-0.1, -0.05) is 18.2 Å². The number of nitrogens with zero attached hydrogens (tertiary/aromatic N) is 1. The van der Waals surface area contributed by atoms with Gasteiger partial charge >= 0.3 is 0 Å². The first-order valence-electron chi connectivity index (χ1n) is 8.79. The summed E-state index contributed by atoms with van der Waals surface area (Å²) < 4.78 is 11.7. The molecule has 0 radical (unpaired) electrons. The number of ether oxygens (including phenoxy) is 2. The minimum Gasteiger partial charge on any atom is -0.378 e. The van der Waals surface area contributed by atoms with Crippen LogP contribution in [0.5, 0.6) is 0 Å². The average Bonchev–Trinajstić information content (AvgIpc) is 3.00. The Morgan fingerprint density at radius 3 is 2.79 bits per heavy atom. The number of aryl methyl sites for hydroxylation is 2. The zero-order valence-corrected chi connectivity index (χ0v) is 14.9. The minimum atomic E-state index is -0.230. The second kappa shape index (κ2) is 7.21. The number of nitrogens with one attached hydrogen (secondary N) is 1. The van der Waals surface area contributed by atoms with Crippen LogP contribution in [0.15, 0.2) is 18.2 Å². The van der Waals surface area contributed by atoms with Gasteiger partial charge in [0.05, 0.1) is 12.6 Å². The van der Waals surface area contributed by atoms with E-state index in [4.69, 9.17) is 9.47 Å². The molecule has 5 heteroatoms. The molecule has 2 atom stereocenters. The van der Waals surface area contributed by atoms with Crippen molar-refractivity contribution in [2.75, 3.05) is 38.7 Å². The molecule has 2 fully saturated rings. The van der Waals surface area contributed by atoms with Crippen molar-refractivity contribution < 1.29 is 14.3 Å². The van der Waals surface area contributed by atoms with Gasteiger partial charge in [0, 0.05) is 32.5 Å². The number of hydrogen-bond donors (Lipinski definition) is 1. The summed E-state index contributed by atoms with van der Waals surface area (Å²) in [6.45, 7) is 6.87. The van der Waals surface area contributed by atoms with E-state index in [-0.39, 0.29) is 17.6 Å². The standard InChI is InChI=1S/C19H28N2O3/c1-14-6-4-7-15(2)18(14)20-17(22)12-21-10-8-16(23-3)19(13-21)9-5-11-24-19/h4,6-7,16H,5,8-13H2,1-3H3,(H,20,22). The van der Waals surface area contributed by atoms with Crippen molar-refractivity contribution in [3.63, 3.8) is 0 Å². The molecule has 2 heterocycles. The van der Waals surface area contributed by atoms with Gasteiger partial charge < -0.3 is 14.8 Å². The lowest BCUT2D eigenvalue weighted by atomic mass is 9.87. The van der Waals surface area contributed by atoms with Crippen LogP contribution in [-0.2, 0) is 14.3 Å². The molecule has 5 nitrogen and oxygen atoms in total. The maximum absolute atomic E-state index is 12.5. The molecule has 0 bridgehead atoms. The fraction of sp³-hybridized carbons (Fsp3) is 0.632. The molecule has 2 saturated heterocycles. The van der Waals surface area contributed by atoms with Crippen molar-refractivity contribution in [1.82, 2.24) is 4.90 Å². The van der Waals surface area contributed by atoms with Gasteiger partial charge in [0.2, 0.25) is 5.91 Å². The number of carbonyl (C=O) groups is 1. The number of carbonyl (C=O) groups excluding carboxylic acids is 1. The molecule has 1 N–H and O–H groups in total. The zero-order valence-electron chi connectivity index (χ0n) is 14.9. The molecule has 24 heavy (non-hydrogen) atoms. The lowest BCUT2D eigenvalue weighted by Gasteiger charge is -2.44. The number of anilines is 1. The fourth-order valence-electron chi connectivity index (χ4n) is 4.08. The molecule has 2 aliphatic rings. The van der Waals surface area contributed by atoms with Crippen LogP contribution in [0.3, 0.4) is 0 Å². The molecule has 2 unspecified atom stereocenters. The van der Waals surface area contributed by atoms with Crippen LogP contribution in [0.4, 0.5) is 5.69 Å². The average molecular weight is 332 g/mol. The Morgan fingerprint density at radius 1 is 1.42 bits per heavy atom. The van der Waals surface area contributed by atoms with Crippen LogP contribution in [-0.4, -0.2) is 55.9 Å². The molecular weight excluding hydrogens is 304 g/mol. The first kappa shape index (κ1) is 17.4. The van der Waals surface area contributed by atoms with E-state index < -0.39 is 0 Å². The topological polar surface area (TPSA) is 50.8 Å². The van der Waals surface area contributed by atoms with E-state index in [1.807, 2.05) is 32.0 Å². The van der Waals surface area contributed by atoms with E-state index in [1.165, 1.54) is 0 Å². The third-order valence-electron chi connectivity index (χ3n) is 5.32. The third-order valence-corrected chi connectivity index (χ3v) is 5.32. The van der Waals surface area contributed by atoms with E-state index >= 15 is 0 Å². The molecule has 0 saturated carbocycles. The zero-order chi connectivity index (χ0) is 17.2. The van der Waals surface area contributed by atoms with Crippen molar-refractivity contribution >= 4 is 11.6 Å².